The summed E-state index contributed by atoms with van der Waals surface area (Å²) in [6.45, 7) is 4.34. The van der Waals surface area contributed by atoms with Gasteiger partial charge in [0.2, 0.25) is 4.80 Å². The SMILES string of the molecule is CCC(CC)=Nn1c(-c2ccc3c(c2)NC(=O)CO3)csc1=NC1CCCCC1. The molecule has 0 unspecified atom stereocenters. The zero-order chi connectivity index (χ0) is 20.2. The predicted molar refractivity (Wildman–Crippen MR) is 118 cm³/mol. The zero-order valence-corrected chi connectivity index (χ0v) is 17.9. The van der Waals surface area contributed by atoms with Crippen molar-refractivity contribution in [3.63, 3.8) is 0 Å². The third-order valence-electron chi connectivity index (χ3n) is 5.52. The molecule has 0 spiro atoms. The molecule has 1 aliphatic carbocycles. The van der Waals surface area contributed by atoms with Crippen LogP contribution in [0.25, 0.3) is 11.3 Å². The van der Waals surface area contributed by atoms with Gasteiger partial charge in [-0.05, 0) is 43.9 Å². The summed E-state index contributed by atoms with van der Waals surface area (Å²) in [4.78, 5) is 17.7. The van der Waals surface area contributed by atoms with Gasteiger partial charge in [-0.3, -0.25) is 9.79 Å². The number of hydrogen-bond acceptors (Lipinski definition) is 5. The summed E-state index contributed by atoms with van der Waals surface area (Å²) in [6, 6.07) is 6.28. The Morgan fingerprint density at radius 3 is 2.79 bits per heavy atom. The Balaban J connectivity index is 1.79. The van der Waals surface area contributed by atoms with Crippen LogP contribution >= 0.6 is 11.3 Å². The molecule has 2 aromatic rings. The maximum atomic E-state index is 11.7. The zero-order valence-electron chi connectivity index (χ0n) is 17.1. The highest BCUT2D eigenvalue weighted by atomic mass is 32.1. The molecule has 1 N–H and O–H groups in total. The number of nitrogens with one attached hydrogen (secondary N) is 1. The van der Waals surface area contributed by atoms with Gasteiger partial charge in [0.15, 0.2) is 6.61 Å². The lowest BCUT2D eigenvalue weighted by Crippen LogP contribution is -2.25. The van der Waals surface area contributed by atoms with Crippen LogP contribution in [0.1, 0.15) is 58.8 Å². The average Bonchev–Trinajstić information content (AvgIpc) is 3.14. The van der Waals surface area contributed by atoms with Crippen molar-refractivity contribution in [1.82, 2.24) is 4.68 Å². The number of fused-ring (bicyclic) bond motifs is 1. The molecule has 0 bridgehead atoms. The average molecular weight is 413 g/mol. The highest BCUT2D eigenvalue weighted by Crippen LogP contribution is 2.33. The molecule has 0 radical (unpaired) electrons. The van der Waals surface area contributed by atoms with E-state index in [4.69, 9.17) is 14.8 Å². The fourth-order valence-electron chi connectivity index (χ4n) is 3.83. The molecule has 1 aromatic carbocycles. The third kappa shape index (κ3) is 4.45. The minimum absolute atomic E-state index is 0.0653. The van der Waals surface area contributed by atoms with Crippen LogP contribution < -0.4 is 14.9 Å². The third-order valence-corrected chi connectivity index (χ3v) is 6.35. The highest BCUT2D eigenvalue weighted by Gasteiger charge is 2.19. The minimum atomic E-state index is -0.127. The summed E-state index contributed by atoms with van der Waals surface area (Å²) in [7, 11) is 0. The van der Waals surface area contributed by atoms with E-state index in [1.165, 1.54) is 19.3 Å². The molecule has 2 heterocycles. The van der Waals surface area contributed by atoms with E-state index in [0.29, 0.717) is 17.5 Å². The Bertz CT molecular complexity index is 977. The van der Waals surface area contributed by atoms with Gasteiger partial charge >= 0.3 is 0 Å². The minimum Gasteiger partial charge on any atom is -0.482 e. The van der Waals surface area contributed by atoms with E-state index in [1.807, 2.05) is 22.9 Å². The van der Waals surface area contributed by atoms with Gasteiger partial charge in [0.05, 0.1) is 17.4 Å². The Kier molecular flexibility index (Phi) is 6.13. The Morgan fingerprint density at radius 1 is 1.24 bits per heavy atom. The largest absolute Gasteiger partial charge is 0.482 e. The molecule has 4 rings (SSSR count). The van der Waals surface area contributed by atoms with E-state index < -0.39 is 0 Å². The number of amides is 1. The smallest absolute Gasteiger partial charge is 0.262 e. The Morgan fingerprint density at radius 2 is 2.03 bits per heavy atom. The van der Waals surface area contributed by atoms with Crippen molar-refractivity contribution in [3.8, 4) is 17.0 Å². The number of carbonyl (C=O) groups excluding carboxylic acids is 1. The molecule has 7 heteroatoms. The maximum Gasteiger partial charge on any atom is 0.262 e. The van der Waals surface area contributed by atoms with Gasteiger partial charge in [-0.15, -0.1) is 11.3 Å². The van der Waals surface area contributed by atoms with Crippen LogP contribution in [0.15, 0.2) is 33.7 Å². The van der Waals surface area contributed by atoms with Crippen molar-refractivity contribution in [3.05, 3.63) is 28.4 Å². The molecule has 1 aliphatic heterocycles. The molecule has 29 heavy (non-hydrogen) atoms. The molecule has 6 nitrogen and oxygen atoms in total. The van der Waals surface area contributed by atoms with Crippen LogP contribution in [0.3, 0.4) is 0 Å². The van der Waals surface area contributed by atoms with Crippen molar-refractivity contribution in [2.75, 3.05) is 11.9 Å². The van der Waals surface area contributed by atoms with E-state index in [1.54, 1.807) is 11.3 Å². The fraction of sp³-hybridized carbons (Fsp3) is 0.500. The standard InChI is InChI=1S/C22H28N4O2S/c1-3-16(4-2)25-26-19(14-29-22(26)23-17-8-6-5-7-9-17)15-10-11-20-18(12-15)24-21(27)13-28-20/h10-12,14,17H,3-9,13H2,1-2H3,(H,24,27). The molecular formula is C22H28N4O2S. The highest BCUT2D eigenvalue weighted by molar-refractivity contribution is 7.07. The van der Waals surface area contributed by atoms with Gasteiger partial charge in [0.1, 0.15) is 5.75 Å². The molecular weight excluding hydrogens is 384 g/mol. The number of rotatable bonds is 5. The number of aromatic nitrogens is 1. The summed E-state index contributed by atoms with van der Waals surface area (Å²) in [5.74, 6) is 0.576. The Labute approximate surface area is 175 Å². The van der Waals surface area contributed by atoms with E-state index in [0.717, 1.165) is 47.5 Å². The van der Waals surface area contributed by atoms with Crippen molar-refractivity contribution in [2.24, 2.45) is 10.1 Å². The van der Waals surface area contributed by atoms with Crippen LogP contribution in [-0.4, -0.2) is 28.9 Å². The monoisotopic (exact) mass is 412 g/mol. The number of benzene rings is 1. The normalized spacial score (nSPS) is 17.4. The van der Waals surface area contributed by atoms with E-state index in [-0.39, 0.29) is 12.5 Å². The lowest BCUT2D eigenvalue weighted by molar-refractivity contribution is -0.118. The molecule has 1 saturated carbocycles. The number of thiazole rings is 1. The lowest BCUT2D eigenvalue weighted by Gasteiger charge is -2.19. The first kappa shape index (κ1) is 19.9. The molecule has 0 saturated heterocycles. The van der Waals surface area contributed by atoms with Gasteiger partial charge in [-0.2, -0.15) is 5.10 Å². The maximum absolute atomic E-state index is 11.7. The second-order valence-electron chi connectivity index (χ2n) is 7.56. The summed E-state index contributed by atoms with van der Waals surface area (Å²) in [5, 5.41) is 9.96. The van der Waals surface area contributed by atoms with Crippen LogP contribution in [-0.2, 0) is 4.79 Å². The van der Waals surface area contributed by atoms with Gasteiger partial charge in [-0.25, -0.2) is 4.68 Å². The second kappa shape index (κ2) is 8.95. The van der Waals surface area contributed by atoms with E-state index in [2.05, 4.69) is 24.5 Å². The number of ether oxygens (including phenoxy) is 1. The van der Waals surface area contributed by atoms with E-state index in [9.17, 15) is 4.79 Å². The van der Waals surface area contributed by atoms with Crippen molar-refractivity contribution in [1.29, 1.82) is 0 Å². The first-order valence-corrected chi connectivity index (χ1v) is 11.4. The molecule has 2 aliphatic rings. The predicted octanol–water partition coefficient (Wildman–Crippen LogP) is 4.81. The summed E-state index contributed by atoms with van der Waals surface area (Å²) in [6.07, 6.45) is 7.98. The lowest BCUT2D eigenvalue weighted by atomic mass is 9.96. The molecule has 154 valence electrons. The van der Waals surface area contributed by atoms with Crippen molar-refractivity contribution in [2.45, 2.75) is 64.8 Å². The quantitative estimate of drug-likeness (QED) is 0.717. The number of hydrogen-bond donors (Lipinski definition) is 1. The van der Waals surface area contributed by atoms with Gasteiger partial charge in [-0.1, -0.05) is 33.1 Å². The van der Waals surface area contributed by atoms with Crippen LogP contribution in [0.4, 0.5) is 5.69 Å². The topological polar surface area (TPSA) is 68.0 Å². The first-order valence-electron chi connectivity index (χ1n) is 10.6. The summed E-state index contributed by atoms with van der Waals surface area (Å²) >= 11 is 1.64. The van der Waals surface area contributed by atoms with Gasteiger partial charge < -0.3 is 10.1 Å². The van der Waals surface area contributed by atoms with Crippen LogP contribution in [0.2, 0.25) is 0 Å². The Hall–Kier alpha value is -2.41. The number of carbonyl (C=O) groups is 1. The first-order chi connectivity index (χ1) is 14.2. The molecule has 0 atom stereocenters. The van der Waals surface area contributed by atoms with E-state index >= 15 is 0 Å². The summed E-state index contributed by atoms with van der Waals surface area (Å²) < 4.78 is 7.49. The van der Waals surface area contributed by atoms with Crippen LogP contribution in [0.5, 0.6) is 5.75 Å². The summed E-state index contributed by atoms with van der Waals surface area (Å²) in [5.41, 5.74) is 3.83. The number of nitrogens with zero attached hydrogens (tertiary/aromatic N) is 3. The second-order valence-corrected chi connectivity index (χ2v) is 8.39. The van der Waals surface area contributed by atoms with Gasteiger partial charge in [0, 0.05) is 16.7 Å². The van der Waals surface area contributed by atoms with Crippen LogP contribution in [0, 0.1) is 0 Å². The molecule has 1 aromatic heterocycles. The molecule has 1 amide bonds. The van der Waals surface area contributed by atoms with Crippen molar-refractivity contribution >= 4 is 28.6 Å². The van der Waals surface area contributed by atoms with Crippen molar-refractivity contribution < 1.29 is 9.53 Å². The van der Waals surface area contributed by atoms with Gasteiger partial charge in [0.25, 0.3) is 5.91 Å². The fourth-order valence-corrected chi connectivity index (χ4v) is 4.73. The number of anilines is 1. The molecule has 1 fully saturated rings.